The van der Waals surface area contributed by atoms with Gasteiger partial charge in [0, 0.05) is 13.1 Å². The van der Waals surface area contributed by atoms with Crippen LogP contribution in [0.1, 0.15) is 35.2 Å². The van der Waals surface area contributed by atoms with E-state index in [1.54, 1.807) is 13.1 Å². The van der Waals surface area contributed by atoms with E-state index >= 15 is 0 Å². The third-order valence-corrected chi connectivity index (χ3v) is 4.35. The number of halogens is 1. The van der Waals surface area contributed by atoms with Crippen LogP contribution in [-0.4, -0.2) is 29.2 Å². The second-order valence-electron chi connectivity index (χ2n) is 6.05. The average Bonchev–Trinajstić information content (AvgIpc) is 2.59. The molecule has 0 saturated carbocycles. The van der Waals surface area contributed by atoms with E-state index in [0.717, 1.165) is 11.1 Å². The summed E-state index contributed by atoms with van der Waals surface area (Å²) in [4.78, 5) is 16.5. The normalized spacial score (nSPS) is 11.6. The van der Waals surface area contributed by atoms with Gasteiger partial charge in [0.25, 0.3) is 5.91 Å². The van der Waals surface area contributed by atoms with Crippen molar-refractivity contribution >= 4 is 32.3 Å². The fourth-order valence-corrected chi connectivity index (χ4v) is 3.04. The second kappa shape index (κ2) is 8.80. The maximum absolute atomic E-state index is 12.2. The molecule has 6 nitrogen and oxygen atoms in total. The summed E-state index contributed by atoms with van der Waals surface area (Å²) in [5, 5.41) is 13.6. The molecule has 7 heteroatoms. The first kappa shape index (κ1) is 19.9. The van der Waals surface area contributed by atoms with Crippen LogP contribution >= 0.6 is 15.9 Å². The minimum Gasteiger partial charge on any atom is -0.468 e. The number of hydrogen-bond donors (Lipinski definition) is 3. The van der Waals surface area contributed by atoms with Crippen LogP contribution < -0.4 is 15.4 Å². The lowest BCUT2D eigenvalue weighted by Crippen LogP contribution is -2.31. The molecule has 2 rings (SSSR count). The summed E-state index contributed by atoms with van der Waals surface area (Å²) in [6.45, 7) is 5.69. The quantitative estimate of drug-likeness (QED) is 0.597. The third-order valence-electron chi connectivity index (χ3n) is 3.96. The van der Waals surface area contributed by atoms with Gasteiger partial charge in [0.2, 0.25) is 5.88 Å². The molecule has 0 aliphatic carbocycles. The Morgan fingerprint density at radius 1 is 1.31 bits per heavy atom. The van der Waals surface area contributed by atoms with E-state index in [1.165, 1.54) is 5.56 Å². The Bertz CT molecular complexity index is 806. The van der Waals surface area contributed by atoms with Crippen LogP contribution in [0.3, 0.4) is 0 Å². The van der Waals surface area contributed by atoms with Crippen LogP contribution in [0.25, 0.3) is 0 Å². The predicted octanol–water partition coefficient (Wildman–Crippen LogP) is 3.72. The van der Waals surface area contributed by atoms with E-state index in [1.807, 2.05) is 45.0 Å². The molecule has 2 aromatic rings. The van der Waals surface area contributed by atoms with Crippen LogP contribution in [0, 0.1) is 19.3 Å². The van der Waals surface area contributed by atoms with Crippen LogP contribution in [0.4, 0.5) is 5.82 Å². The molecular weight excluding hydrogens is 396 g/mol. The van der Waals surface area contributed by atoms with Gasteiger partial charge in [-0.05, 0) is 47.8 Å². The molecule has 1 aromatic carbocycles. The fourth-order valence-electron chi connectivity index (χ4n) is 2.54. The van der Waals surface area contributed by atoms with Crippen molar-refractivity contribution in [2.75, 3.05) is 19.0 Å². The lowest BCUT2D eigenvalue weighted by Gasteiger charge is -2.16. The largest absolute Gasteiger partial charge is 0.468 e. The van der Waals surface area contributed by atoms with Crippen molar-refractivity contribution in [3.05, 3.63) is 52.6 Å². The summed E-state index contributed by atoms with van der Waals surface area (Å²) in [6, 6.07) is 9.64. The molecule has 1 heterocycles. The molecule has 0 aliphatic rings. The molecule has 3 N–H and O–H groups in total. The summed E-state index contributed by atoms with van der Waals surface area (Å²) >= 11 is 3.16. The number of pyridine rings is 1. The highest BCUT2D eigenvalue weighted by atomic mass is 79.9. The number of rotatable bonds is 7. The van der Waals surface area contributed by atoms with Crippen molar-refractivity contribution in [2.45, 2.75) is 26.8 Å². The van der Waals surface area contributed by atoms with Gasteiger partial charge in [0.05, 0.1) is 11.6 Å². The lowest BCUT2D eigenvalue weighted by atomic mass is 10.1. The maximum atomic E-state index is 12.2. The number of aryl methyl sites for hydroxylation is 2. The van der Waals surface area contributed by atoms with E-state index in [9.17, 15) is 4.79 Å². The molecule has 0 spiro atoms. The van der Waals surface area contributed by atoms with E-state index in [0.29, 0.717) is 17.3 Å². The predicted molar refractivity (Wildman–Crippen MR) is 108 cm³/mol. The zero-order valence-corrected chi connectivity index (χ0v) is 16.9. The van der Waals surface area contributed by atoms with Crippen molar-refractivity contribution in [3.8, 4) is 5.88 Å². The summed E-state index contributed by atoms with van der Waals surface area (Å²) in [6.07, 6.45) is 0. The molecule has 138 valence electrons. The van der Waals surface area contributed by atoms with Gasteiger partial charge in [0.1, 0.15) is 10.4 Å². The molecule has 1 atom stereocenters. The van der Waals surface area contributed by atoms with Gasteiger partial charge in [-0.1, -0.05) is 29.8 Å². The number of nitrogens with zero attached hydrogens (tertiary/aromatic N) is 1. The van der Waals surface area contributed by atoms with E-state index < -0.39 is 0 Å². The molecule has 0 fully saturated rings. The van der Waals surface area contributed by atoms with Gasteiger partial charge >= 0.3 is 0 Å². The van der Waals surface area contributed by atoms with Crippen LogP contribution in [0.2, 0.25) is 0 Å². The molecule has 26 heavy (non-hydrogen) atoms. The molecule has 1 aromatic heterocycles. The third kappa shape index (κ3) is 5.05. The molecule has 0 unspecified atom stereocenters. The SMILES string of the molecule is CNc1nc(OCC(=O)N[C@@H](C)c2ccc(C)cc2)cc(C)c1C(=N)Br. The molecule has 0 bridgehead atoms. The number of carbonyl (C=O) groups excluding carboxylic acids is 1. The van der Waals surface area contributed by atoms with Gasteiger partial charge in [-0.15, -0.1) is 0 Å². The monoisotopic (exact) mass is 418 g/mol. The molecule has 0 saturated heterocycles. The van der Waals surface area contributed by atoms with Crippen molar-refractivity contribution in [2.24, 2.45) is 0 Å². The van der Waals surface area contributed by atoms with Gasteiger partial charge in [-0.3, -0.25) is 10.2 Å². The van der Waals surface area contributed by atoms with Gasteiger partial charge < -0.3 is 15.4 Å². The number of amides is 1. The van der Waals surface area contributed by atoms with Gasteiger partial charge in [-0.2, -0.15) is 4.98 Å². The standard InChI is InChI=1S/C19H23BrN4O2/c1-11-5-7-14(8-6-11)13(3)23-15(25)10-26-16-9-12(2)17(18(20)21)19(22-4)24-16/h5-9,13,21H,10H2,1-4H3,(H,22,24)(H,23,25)/t13-/m0/s1. The molecule has 0 aliphatic heterocycles. The molecule has 0 radical (unpaired) electrons. The van der Waals surface area contributed by atoms with Crippen molar-refractivity contribution in [1.29, 1.82) is 5.41 Å². The van der Waals surface area contributed by atoms with Crippen molar-refractivity contribution < 1.29 is 9.53 Å². The van der Waals surface area contributed by atoms with E-state index in [4.69, 9.17) is 10.1 Å². The summed E-state index contributed by atoms with van der Waals surface area (Å²) < 4.78 is 5.77. The van der Waals surface area contributed by atoms with Gasteiger partial charge in [0.15, 0.2) is 6.61 Å². The Morgan fingerprint density at radius 3 is 2.54 bits per heavy atom. The Morgan fingerprint density at radius 2 is 1.96 bits per heavy atom. The summed E-state index contributed by atoms with van der Waals surface area (Å²) in [5.74, 6) is 0.638. The van der Waals surface area contributed by atoms with Crippen LogP contribution in [-0.2, 0) is 4.79 Å². The minimum atomic E-state index is -0.221. The Labute approximate surface area is 162 Å². The first-order valence-electron chi connectivity index (χ1n) is 8.24. The molecular formula is C19H23BrN4O2. The van der Waals surface area contributed by atoms with Crippen molar-refractivity contribution in [1.82, 2.24) is 10.3 Å². The minimum absolute atomic E-state index is 0.106. The highest BCUT2D eigenvalue weighted by molar-refractivity contribution is 9.18. The summed E-state index contributed by atoms with van der Waals surface area (Å²) in [7, 11) is 1.72. The van der Waals surface area contributed by atoms with Crippen LogP contribution in [0.5, 0.6) is 5.88 Å². The van der Waals surface area contributed by atoms with Gasteiger partial charge in [-0.25, -0.2) is 0 Å². The van der Waals surface area contributed by atoms with Crippen LogP contribution in [0.15, 0.2) is 30.3 Å². The first-order valence-corrected chi connectivity index (χ1v) is 9.03. The van der Waals surface area contributed by atoms with E-state index in [-0.39, 0.29) is 23.2 Å². The molecule has 1 amide bonds. The number of ether oxygens (including phenoxy) is 1. The van der Waals surface area contributed by atoms with E-state index in [2.05, 4.69) is 31.5 Å². The Balaban J connectivity index is 1.99. The second-order valence-corrected chi connectivity index (χ2v) is 6.85. The maximum Gasteiger partial charge on any atom is 0.258 e. The Kier molecular flexibility index (Phi) is 6.74. The zero-order chi connectivity index (χ0) is 19.3. The number of aromatic nitrogens is 1. The highest BCUT2D eigenvalue weighted by Crippen LogP contribution is 2.24. The summed E-state index contributed by atoms with van der Waals surface area (Å²) in [5.41, 5.74) is 3.71. The Hall–Kier alpha value is -2.41. The number of carbonyl (C=O) groups is 1. The topological polar surface area (TPSA) is 87.1 Å². The average molecular weight is 419 g/mol. The number of anilines is 1. The highest BCUT2D eigenvalue weighted by Gasteiger charge is 2.14. The fraction of sp³-hybridized carbons (Fsp3) is 0.316. The first-order chi connectivity index (χ1) is 12.3. The number of benzene rings is 1. The zero-order valence-electron chi connectivity index (χ0n) is 15.3. The number of hydrogen-bond acceptors (Lipinski definition) is 5. The van der Waals surface area contributed by atoms with Crippen molar-refractivity contribution in [3.63, 3.8) is 0 Å². The lowest BCUT2D eigenvalue weighted by molar-refractivity contribution is -0.123. The smallest absolute Gasteiger partial charge is 0.258 e. The number of nitrogens with one attached hydrogen (secondary N) is 3.